The highest BCUT2D eigenvalue weighted by Crippen LogP contribution is 2.27. The molecule has 1 amide bonds. The number of halogens is 3. The third-order valence-electron chi connectivity index (χ3n) is 2.46. The SMILES string of the molecule is CC(C)NC(CCn1ccc(C(F)(F)F)n1)C(N)=O. The zero-order valence-electron chi connectivity index (χ0n) is 10.7. The van der Waals surface area contributed by atoms with Crippen molar-refractivity contribution in [3.63, 3.8) is 0 Å². The molecule has 0 aromatic carbocycles. The van der Waals surface area contributed by atoms with Crippen LogP contribution < -0.4 is 11.1 Å². The molecule has 1 atom stereocenters. The van der Waals surface area contributed by atoms with Gasteiger partial charge in [0.05, 0.1) is 6.04 Å². The number of aromatic nitrogens is 2. The van der Waals surface area contributed by atoms with Crippen LogP contribution in [0.1, 0.15) is 26.0 Å². The fourth-order valence-corrected chi connectivity index (χ4v) is 1.61. The molecule has 5 nitrogen and oxygen atoms in total. The van der Waals surface area contributed by atoms with Gasteiger partial charge in [-0.25, -0.2) is 0 Å². The van der Waals surface area contributed by atoms with E-state index >= 15 is 0 Å². The van der Waals surface area contributed by atoms with Gasteiger partial charge in [-0.15, -0.1) is 0 Å². The summed E-state index contributed by atoms with van der Waals surface area (Å²) in [6, 6.07) is 0.370. The summed E-state index contributed by atoms with van der Waals surface area (Å²) >= 11 is 0. The zero-order chi connectivity index (χ0) is 14.6. The molecule has 0 aliphatic heterocycles. The van der Waals surface area contributed by atoms with Gasteiger partial charge in [0.2, 0.25) is 5.91 Å². The molecular weight excluding hydrogens is 261 g/mol. The summed E-state index contributed by atoms with van der Waals surface area (Å²) in [5, 5.41) is 6.35. The second-order valence-corrected chi connectivity index (χ2v) is 4.53. The summed E-state index contributed by atoms with van der Waals surface area (Å²) in [4.78, 5) is 11.2. The second kappa shape index (κ2) is 6.05. The van der Waals surface area contributed by atoms with Crippen molar-refractivity contribution in [2.24, 2.45) is 5.73 Å². The maximum absolute atomic E-state index is 12.3. The number of hydrogen-bond donors (Lipinski definition) is 2. The Labute approximate surface area is 109 Å². The van der Waals surface area contributed by atoms with Crippen LogP contribution in [0.2, 0.25) is 0 Å². The lowest BCUT2D eigenvalue weighted by Crippen LogP contribution is -2.45. The van der Waals surface area contributed by atoms with Crippen molar-refractivity contribution in [3.8, 4) is 0 Å². The molecule has 0 fully saturated rings. The van der Waals surface area contributed by atoms with Crippen LogP contribution in [-0.4, -0.2) is 27.8 Å². The Morgan fingerprint density at radius 1 is 1.53 bits per heavy atom. The average Bonchev–Trinajstić information content (AvgIpc) is 2.71. The monoisotopic (exact) mass is 278 g/mol. The number of nitrogens with two attached hydrogens (primary N) is 1. The highest BCUT2D eigenvalue weighted by Gasteiger charge is 2.33. The molecule has 1 rings (SSSR count). The van der Waals surface area contributed by atoms with Crippen molar-refractivity contribution >= 4 is 5.91 Å². The average molecular weight is 278 g/mol. The first-order valence-electron chi connectivity index (χ1n) is 5.86. The number of alkyl halides is 3. The lowest BCUT2D eigenvalue weighted by atomic mass is 10.1. The van der Waals surface area contributed by atoms with Gasteiger partial charge in [-0.3, -0.25) is 9.48 Å². The number of carbonyl (C=O) groups is 1. The molecular formula is C11H17F3N4O. The largest absolute Gasteiger partial charge is 0.435 e. The van der Waals surface area contributed by atoms with Crippen molar-refractivity contribution in [2.75, 3.05) is 0 Å². The first-order chi connectivity index (χ1) is 8.70. The quantitative estimate of drug-likeness (QED) is 0.819. The van der Waals surface area contributed by atoms with E-state index in [-0.39, 0.29) is 19.0 Å². The van der Waals surface area contributed by atoms with Crippen LogP contribution in [0.15, 0.2) is 12.3 Å². The molecule has 1 unspecified atom stereocenters. The Kier molecular flexibility index (Phi) is 4.93. The Hall–Kier alpha value is -1.57. The molecule has 1 aromatic rings. The summed E-state index contributed by atoms with van der Waals surface area (Å²) in [5.74, 6) is -0.531. The summed E-state index contributed by atoms with van der Waals surface area (Å²) in [5.41, 5.74) is 4.27. The van der Waals surface area contributed by atoms with Gasteiger partial charge in [-0.05, 0) is 12.5 Å². The van der Waals surface area contributed by atoms with Crippen LogP contribution in [0, 0.1) is 0 Å². The van der Waals surface area contributed by atoms with Gasteiger partial charge < -0.3 is 11.1 Å². The number of amides is 1. The van der Waals surface area contributed by atoms with E-state index in [4.69, 9.17) is 5.73 Å². The fraction of sp³-hybridized carbons (Fsp3) is 0.636. The molecule has 1 aromatic heterocycles. The number of primary amides is 1. The minimum atomic E-state index is -4.45. The van der Waals surface area contributed by atoms with E-state index in [9.17, 15) is 18.0 Å². The van der Waals surface area contributed by atoms with E-state index in [2.05, 4.69) is 10.4 Å². The number of carbonyl (C=O) groups excluding carboxylic acids is 1. The molecule has 0 spiro atoms. The van der Waals surface area contributed by atoms with Crippen molar-refractivity contribution in [2.45, 2.75) is 45.1 Å². The Bertz CT molecular complexity index is 428. The molecule has 0 aliphatic carbocycles. The van der Waals surface area contributed by atoms with Gasteiger partial charge in [-0.2, -0.15) is 18.3 Å². The van der Waals surface area contributed by atoms with Crippen LogP contribution in [-0.2, 0) is 17.5 Å². The second-order valence-electron chi connectivity index (χ2n) is 4.53. The number of nitrogens with one attached hydrogen (secondary N) is 1. The van der Waals surface area contributed by atoms with Crippen LogP contribution in [0.4, 0.5) is 13.2 Å². The van der Waals surface area contributed by atoms with Gasteiger partial charge in [0.15, 0.2) is 5.69 Å². The van der Waals surface area contributed by atoms with Crippen LogP contribution in [0.3, 0.4) is 0 Å². The predicted molar refractivity (Wildman–Crippen MR) is 63.1 cm³/mol. The van der Waals surface area contributed by atoms with Gasteiger partial charge in [0.25, 0.3) is 0 Å². The maximum Gasteiger partial charge on any atom is 0.435 e. The van der Waals surface area contributed by atoms with Crippen LogP contribution in [0.25, 0.3) is 0 Å². The summed E-state index contributed by atoms with van der Waals surface area (Å²) in [7, 11) is 0. The number of hydrogen-bond acceptors (Lipinski definition) is 3. The molecule has 8 heteroatoms. The smallest absolute Gasteiger partial charge is 0.368 e. The molecule has 19 heavy (non-hydrogen) atoms. The van der Waals surface area contributed by atoms with Crippen LogP contribution in [0.5, 0.6) is 0 Å². The van der Waals surface area contributed by atoms with Gasteiger partial charge in [0, 0.05) is 18.8 Å². The zero-order valence-corrected chi connectivity index (χ0v) is 10.7. The normalized spacial score (nSPS) is 13.8. The molecule has 1 heterocycles. The third kappa shape index (κ3) is 4.90. The number of nitrogens with zero attached hydrogens (tertiary/aromatic N) is 2. The molecule has 0 radical (unpaired) electrons. The van der Waals surface area contributed by atoms with E-state index in [0.29, 0.717) is 0 Å². The standard InChI is InChI=1S/C11H17F3N4O/c1-7(2)16-8(10(15)19)3-5-18-6-4-9(17-18)11(12,13)14/h4,6-8,16H,3,5H2,1-2H3,(H2,15,19). The highest BCUT2D eigenvalue weighted by molar-refractivity contribution is 5.79. The lowest BCUT2D eigenvalue weighted by Gasteiger charge is -2.17. The van der Waals surface area contributed by atoms with Gasteiger partial charge in [-0.1, -0.05) is 13.8 Å². The molecule has 0 saturated heterocycles. The lowest BCUT2D eigenvalue weighted by molar-refractivity contribution is -0.141. The Balaban J connectivity index is 2.60. The first-order valence-corrected chi connectivity index (χ1v) is 5.86. The number of rotatable bonds is 6. The van der Waals surface area contributed by atoms with E-state index in [1.807, 2.05) is 13.8 Å². The maximum atomic E-state index is 12.3. The first kappa shape index (κ1) is 15.5. The van der Waals surface area contributed by atoms with Crippen molar-refractivity contribution in [3.05, 3.63) is 18.0 Å². The minimum absolute atomic E-state index is 0.0563. The van der Waals surface area contributed by atoms with E-state index in [1.165, 1.54) is 6.20 Å². The van der Waals surface area contributed by atoms with Crippen molar-refractivity contribution < 1.29 is 18.0 Å². The minimum Gasteiger partial charge on any atom is -0.368 e. The molecule has 3 N–H and O–H groups in total. The van der Waals surface area contributed by atoms with Crippen molar-refractivity contribution in [1.29, 1.82) is 0 Å². The predicted octanol–water partition coefficient (Wildman–Crippen LogP) is 1.14. The van der Waals surface area contributed by atoms with Gasteiger partial charge in [0.1, 0.15) is 0 Å². The van der Waals surface area contributed by atoms with E-state index < -0.39 is 23.8 Å². The van der Waals surface area contributed by atoms with E-state index in [0.717, 1.165) is 10.7 Å². The third-order valence-corrected chi connectivity index (χ3v) is 2.46. The Morgan fingerprint density at radius 3 is 2.58 bits per heavy atom. The van der Waals surface area contributed by atoms with E-state index in [1.54, 1.807) is 0 Å². The number of aryl methyl sites for hydroxylation is 1. The van der Waals surface area contributed by atoms with Crippen molar-refractivity contribution in [1.82, 2.24) is 15.1 Å². The molecule has 0 bridgehead atoms. The fourth-order valence-electron chi connectivity index (χ4n) is 1.61. The summed E-state index contributed by atoms with van der Waals surface area (Å²) < 4.78 is 38.2. The summed E-state index contributed by atoms with van der Waals surface area (Å²) in [6.07, 6.45) is -2.94. The molecule has 0 aliphatic rings. The Morgan fingerprint density at radius 2 is 2.16 bits per heavy atom. The topological polar surface area (TPSA) is 72.9 Å². The molecule has 0 saturated carbocycles. The molecule has 108 valence electrons. The van der Waals surface area contributed by atoms with Gasteiger partial charge >= 0.3 is 6.18 Å². The highest BCUT2D eigenvalue weighted by atomic mass is 19.4. The summed E-state index contributed by atoms with van der Waals surface area (Å²) in [6.45, 7) is 3.89. The van der Waals surface area contributed by atoms with Crippen LogP contribution >= 0.6 is 0 Å².